The van der Waals surface area contributed by atoms with Crippen LogP contribution in [0.25, 0.3) is 0 Å². The zero-order valence-electron chi connectivity index (χ0n) is 6.79. The highest BCUT2D eigenvalue weighted by atomic mass is 16.1. The number of pyridine rings is 1. The summed E-state index contributed by atoms with van der Waals surface area (Å²) in [6.07, 6.45) is 1.54. The summed E-state index contributed by atoms with van der Waals surface area (Å²) in [7, 11) is 1.55. The van der Waals surface area contributed by atoms with Gasteiger partial charge in [-0.2, -0.15) is 0 Å². The van der Waals surface area contributed by atoms with Crippen LogP contribution in [0.1, 0.15) is 16.1 Å². The Hall–Kier alpha value is -1.42. The Balaban J connectivity index is 2.93. The van der Waals surface area contributed by atoms with E-state index in [0.29, 0.717) is 5.69 Å². The van der Waals surface area contributed by atoms with Gasteiger partial charge in [-0.3, -0.25) is 15.5 Å². The van der Waals surface area contributed by atoms with Gasteiger partial charge in [0.25, 0.3) is 5.91 Å². The number of hydrogen-bond acceptors (Lipinski definition) is 2. The normalized spacial score (nSPS) is 9.50. The summed E-state index contributed by atoms with van der Waals surface area (Å²) in [5.41, 5.74) is 8.24. The summed E-state index contributed by atoms with van der Waals surface area (Å²) in [5.74, 6) is -0.217. The average Bonchev–Trinajstić information content (AvgIpc) is 2.17. The Morgan fingerprint density at radius 2 is 2.50 bits per heavy atom. The molecule has 12 heavy (non-hydrogen) atoms. The Labute approximate surface area is 70.8 Å². The fourth-order valence-corrected chi connectivity index (χ4v) is 0.836. The number of nitrogens with zero attached hydrogens (tertiary/aromatic N) is 1. The molecule has 63 valence electrons. The van der Waals surface area contributed by atoms with Crippen molar-refractivity contribution >= 4 is 5.91 Å². The van der Waals surface area contributed by atoms with E-state index >= 15 is 0 Å². The molecule has 2 N–H and O–H groups in total. The smallest absolute Gasteiger partial charge is 0.269 e. The lowest BCUT2D eigenvalue weighted by atomic mass is 10.2. The molecule has 0 bridgehead atoms. The number of hydrogen-bond donors (Lipinski definition) is 1. The average molecular weight is 164 g/mol. The van der Waals surface area contributed by atoms with Crippen molar-refractivity contribution in [1.82, 2.24) is 16.0 Å². The Kier molecular flexibility index (Phi) is 2.76. The van der Waals surface area contributed by atoms with Crippen molar-refractivity contribution < 1.29 is 4.79 Å². The predicted molar refractivity (Wildman–Crippen MR) is 44.4 cm³/mol. The molecular formula is C8H10N3O. The maximum absolute atomic E-state index is 11.0. The minimum absolute atomic E-state index is 0.173. The van der Waals surface area contributed by atoms with Crippen molar-refractivity contribution in [3.63, 3.8) is 0 Å². The number of aromatic nitrogens is 1. The van der Waals surface area contributed by atoms with Crippen molar-refractivity contribution in [3.8, 4) is 0 Å². The molecule has 1 radical (unpaired) electrons. The molecule has 0 atom stereocenters. The summed E-state index contributed by atoms with van der Waals surface area (Å²) >= 11 is 0. The third-order valence-electron chi connectivity index (χ3n) is 1.49. The minimum Gasteiger partial charge on any atom is -0.354 e. The van der Waals surface area contributed by atoms with Gasteiger partial charge in [-0.05, 0) is 17.7 Å². The van der Waals surface area contributed by atoms with Gasteiger partial charge >= 0.3 is 0 Å². The van der Waals surface area contributed by atoms with E-state index < -0.39 is 0 Å². The molecule has 4 nitrogen and oxygen atoms in total. The number of nitrogens with one attached hydrogen (secondary N) is 2. The first kappa shape index (κ1) is 8.67. The summed E-state index contributed by atoms with van der Waals surface area (Å²) in [5, 5.41) is 2.47. The van der Waals surface area contributed by atoms with E-state index in [4.69, 9.17) is 5.73 Å². The number of rotatable bonds is 2. The number of amides is 1. The molecule has 0 aliphatic carbocycles. The van der Waals surface area contributed by atoms with Gasteiger partial charge in [-0.25, -0.2) is 0 Å². The van der Waals surface area contributed by atoms with Gasteiger partial charge in [0.15, 0.2) is 0 Å². The van der Waals surface area contributed by atoms with Gasteiger partial charge in [-0.1, -0.05) is 0 Å². The van der Waals surface area contributed by atoms with Crippen LogP contribution in [0.5, 0.6) is 0 Å². The molecule has 1 aromatic rings. The van der Waals surface area contributed by atoms with Crippen molar-refractivity contribution in [1.29, 1.82) is 0 Å². The molecule has 1 amide bonds. The van der Waals surface area contributed by atoms with Crippen LogP contribution in [0.15, 0.2) is 18.3 Å². The van der Waals surface area contributed by atoms with E-state index in [2.05, 4.69) is 10.3 Å². The molecule has 0 aromatic carbocycles. The Morgan fingerprint density at radius 1 is 1.75 bits per heavy atom. The monoisotopic (exact) mass is 164 g/mol. The summed E-state index contributed by atoms with van der Waals surface area (Å²) in [6.45, 7) is 0.173. The fraction of sp³-hybridized carbons (Fsp3) is 0.250. The van der Waals surface area contributed by atoms with Gasteiger partial charge < -0.3 is 5.32 Å². The van der Waals surface area contributed by atoms with Gasteiger partial charge in [-0.15, -0.1) is 0 Å². The molecule has 1 rings (SSSR count). The van der Waals surface area contributed by atoms with Gasteiger partial charge in [0.2, 0.25) is 0 Å². The molecule has 0 unspecified atom stereocenters. The highest BCUT2D eigenvalue weighted by Crippen LogP contribution is 2.00. The van der Waals surface area contributed by atoms with Crippen LogP contribution in [0, 0.1) is 0 Å². The van der Waals surface area contributed by atoms with Crippen LogP contribution in [0.4, 0.5) is 0 Å². The van der Waals surface area contributed by atoms with E-state index in [1.54, 1.807) is 19.2 Å². The van der Waals surface area contributed by atoms with Crippen LogP contribution < -0.4 is 11.1 Å². The van der Waals surface area contributed by atoms with Gasteiger partial charge in [0.1, 0.15) is 5.69 Å². The number of carbonyl (C=O) groups is 1. The topological polar surface area (TPSA) is 65.8 Å². The van der Waals surface area contributed by atoms with Crippen LogP contribution in [0.3, 0.4) is 0 Å². The largest absolute Gasteiger partial charge is 0.354 e. The van der Waals surface area contributed by atoms with Crippen LogP contribution >= 0.6 is 0 Å². The minimum atomic E-state index is -0.217. The maximum Gasteiger partial charge on any atom is 0.269 e. The lowest BCUT2D eigenvalue weighted by Crippen LogP contribution is -2.19. The first-order valence-electron chi connectivity index (χ1n) is 3.59. The molecular weight excluding hydrogens is 154 g/mol. The molecule has 0 spiro atoms. The quantitative estimate of drug-likeness (QED) is 0.679. The van der Waals surface area contributed by atoms with Crippen LogP contribution in [0.2, 0.25) is 0 Å². The van der Waals surface area contributed by atoms with Crippen molar-refractivity contribution in [2.75, 3.05) is 7.05 Å². The fourth-order valence-electron chi connectivity index (χ4n) is 0.836. The third-order valence-corrected chi connectivity index (χ3v) is 1.49. The van der Waals surface area contributed by atoms with E-state index in [1.807, 2.05) is 0 Å². The highest BCUT2D eigenvalue weighted by molar-refractivity contribution is 5.92. The first-order chi connectivity index (χ1) is 5.77. The maximum atomic E-state index is 11.0. The van der Waals surface area contributed by atoms with E-state index in [9.17, 15) is 4.79 Å². The molecule has 0 saturated carbocycles. The Morgan fingerprint density at radius 3 is 3.08 bits per heavy atom. The van der Waals surface area contributed by atoms with Crippen LogP contribution in [-0.4, -0.2) is 17.9 Å². The molecule has 0 fully saturated rings. The zero-order chi connectivity index (χ0) is 8.97. The Bertz CT molecular complexity index is 285. The van der Waals surface area contributed by atoms with Gasteiger partial charge in [0.05, 0.1) is 0 Å². The number of carbonyl (C=O) groups excluding carboxylic acids is 1. The van der Waals surface area contributed by atoms with Gasteiger partial charge in [0, 0.05) is 19.8 Å². The first-order valence-corrected chi connectivity index (χ1v) is 3.59. The molecule has 0 saturated heterocycles. The summed E-state index contributed by atoms with van der Waals surface area (Å²) in [6, 6.07) is 3.34. The van der Waals surface area contributed by atoms with Crippen LogP contribution in [-0.2, 0) is 6.54 Å². The summed E-state index contributed by atoms with van der Waals surface area (Å²) < 4.78 is 0. The highest BCUT2D eigenvalue weighted by Gasteiger charge is 2.03. The zero-order valence-corrected chi connectivity index (χ0v) is 6.79. The van der Waals surface area contributed by atoms with Crippen molar-refractivity contribution in [2.24, 2.45) is 0 Å². The van der Waals surface area contributed by atoms with Crippen molar-refractivity contribution in [2.45, 2.75) is 6.54 Å². The molecule has 1 heterocycles. The van der Waals surface area contributed by atoms with E-state index in [1.165, 1.54) is 6.20 Å². The molecule has 0 aliphatic heterocycles. The molecule has 0 aliphatic rings. The lowest BCUT2D eigenvalue weighted by molar-refractivity contribution is 0.0958. The predicted octanol–water partition coefficient (Wildman–Crippen LogP) is 0.224. The van der Waals surface area contributed by atoms with E-state index in [0.717, 1.165) is 5.56 Å². The molecule has 4 heteroatoms. The van der Waals surface area contributed by atoms with Crippen molar-refractivity contribution in [3.05, 3.63) is 29.6 Å². The summed E-state index contributed by atoms with van der Waals surface area (Å²) in [4.78, 5) is 14.9. The second-order valence-corrected chi connectivity index (χ2v) is 2.31. The second-order valence-electron chi connectivity index (χ2n) is 2.31. The second kappa shape index (κ2) is 3.82. The SMILES string of the molecule is CNC(=O)c1cc(C[NH])ccn1. The van der Waals surface area contributed by atoms with E-state index in [-0.39, 0.29) is 12.5 Å². The third kappa shape index (κ3) is 1.79. The lowest BCUT2D eigenvalue weighted by Gasteiger charge is -1.99. The molecule has 1 aromatic heterocycles. The standard InChI is InChI=1S/C8H10N3O/c1-10-8(12)7-4-6(5-9)2-3-11-7/h2-4,9H,5H2,1H3,(H,10,12).